The number of anilines is 2. The maximum atomic E-state index is 13.7. The van der Waals surface area contributed by atoms with Gasteiger partial charge in [0.1, 0.15) is 23.1 Å². The van der Waals surface area contributed by atoms with E-state index in [1.54, 1.807) is 19.1 Å². The lowest BCUT2D eigenvalue weighted by Gasteiger charge is -2.38. The molecule has 0 bridgehead atoms. The van der Waals surface area contributed by atoms with Crippen LogP contribution in [0.25, 0.3) is 11.0 Å². The number of likely N-dealkylation sites (tertiary alicyclic amines) is 1. The number of carboxylic acids is 1. The minimum Gasteiger partial charge on any atom is -0.496 e. The first-order valence-corrected chi connectivity index (χ1v) is 20.6. The molecule has 1 aromatic carbocycles. The van der Waals surface area contributed by atoms with Gasteiger partial charge >= 0.3 is 5.97 Å². The normalized spacial score (nSPS) is 21.1. The van der Waals surface area contributed by atoms with Gasteiger partial charge in [-0.1, -0.05) is 26.0 Å². The number of methoxy groups -OCH3 is 2. The third kappa shape index (κ3) is 9.49. The van der Waals surface area contributed by atoms with Crippen LogP contribution in [-0.4, -0.2) is 128 Å². The van der Waals surface area contributed by atoms with Crippen LogP contribution in [-0.2, 0) is 27.5 Å². The molecule has 17 heteroatoms. The number of benzene rings is 1. The highest BCUT2D eigenvalue weighted by molar-refractivity contribution is 8.00. The molecule has 2 aromatic heterocycles. The third-order valence-corrected chi connectivity index (χ3v) is 12.5. The van der Waals surface area contributed by atoms with Gasteiger partial charge in [0, 0.05) is 75.2 Å². The number of nitrogens with zero attached hydrogens (tertiary/aromatic N) is 7. The maximum absolute atomic E-state index is 13.7. The van der Waals surface area contributed by atoms with Crippen molar-refractivity contribution in [1.29, 1.82) is 0 Å². The van der Waals surface area contributed by atoms with E-state index >= 15 is 0 Å². The van der Waals surface area contributed by atoms with Gasteiger partial charge < -0.3 is 41.2 Å². The van der Waals surface area contributed by atoms with Crippen LogP contribution in [0.3, 0.4) is 0 Å². The fourth-order valence-corrected chi connectivity index (χ4v) is 9.12. The molecule has 3 aliphatic rings. The summed E-state index contributed by atoms with van der Waals surface area (Å²) in [7, 11) is 3.32. The second-order valence-corrected chi connectivity index (χ2v) is 16.3. The van der Waals surface area contributed by atoms with Crippen molar-refractivity contribution in [2.75, 3.05) is 70.3 Å². The molecule has 304 valence electrons. The second-order valence-electron chi connectivity index (χ2n) is 15.0. The average Bonchev–Trinajstić information content (AvgIpc) is 3.72. The lowest BCUT2D eigenvalue weighted by atomic mass is 9.81. The SMILES string of the molecule is C=C1CC(SC[C@H](N)C(=O)O)C(=O)N1CC1CCC(C(=O)N2CCN(Cc3ccc(OC)c(Cn4cc5nc(N)nc(NCCCC)c5n4)c3OC)CC2)CC1. The number of hydrogen-bond donors (Lipinski definition) is 4. The predicted molar refractivity (Wildman–Crippen MR) is 216 cm³/mol. The van der Waals surface area contributed by atoms with E-state index in [9.17, 15) is 14.4 Å². The summed E-state index contributed by atoms with van der Waals surface area (Å²) in [5, 5.41) is 16.9. The van der Waals surface area contributed by atoms with Crippen molar-refractivity contribution >= 4 is 52.3 Å². The number of nitrogen functional groups attached to an aromatic ring is 1. The molecular weight excluding hydrogens is 737 g/mol. The molecule has 6 rings (SSSR count). The fraction of sp³-hybridized carbons (Fsp3) is 0.590. The number of aromatic nitrogens is 4. The number of aliphatic carboxylic acids is 1. The molecule has 1 unspecified atom stereocenters. The summed E-state index contributed by atoms with van der Waals surface area (Å²) in [4.78, 5) is 52.8. The number of amides is 2. The van der Waals surface area contributed by atoms with E-state index in [2.05, 4.69) is 33.7 Å². The number of nitrogens with one attached hydrogen (secondary N) is 1. The molecule has 0 spiro atoms. The van der Waals surface area contributed by atoms with Crippen LogP contribution < -0.4 is 26.3 Å². The number of rotatable bonds is 17. The number of carboxylic acid groups (broad SMARTS) is 1. The molecule has 1 aliphatic carbocycles. The molecule has 4 heterocycles. The summed E-state index contributed by atoms with van der Waals surface area (Å²) < 4.78 is 13.6. The van der Waals surface area contributed by atoms with Gasteiger partial charge in [-0.25, -0.2) is 4.98 Å². The van der Waals surface area contributed by atoms with Crippen molar-refractivity contribution in [3.63, 3.8) is 0 Å². The van der Waals surface area contributed by atoms with Crippen LogP contribution in [0.4, 0.5) is 11.8 Å². The summed E-state index contributed by atoms with van der Waals surface area (Å²) in [6.45, 7) is 11.5. The Hall–Kier alpha value is -4.61. The molecule has 3 aromatic rings. The Bertz CT molecular complexity index is 1890. The van der Waals surface area contributed by atoms with Crippen LogP contribution in [0.2, 0.25) is 0 Å². The zero-order chi connectivity index (χ0) is 39.9. The van der Waals surface area contributed by atoms with Crippen molar-refractivity contribution in [2.24, 2.45) is 17.6 Å². The van der Waals surface area contributed by atoms with Crippen molar-refractivity contribution in [3.05, 3.63) is 41.7 Å². The van der Waals surface area contributed by atoms with E-state index in [0.29, 0.717) is 67.7 Å². The van der Waals surface area contributed by atoms with Crippen molar-refractivity contribution in [3.8, 4) is 11.5 Å². The van der Waals surface area contributed by atoms with Crippen LogP contribution in [0.1, 0.15) is 63.0 Å². The van der Waals surface area contributed by atoms with E-state index in [4.69, 9.17) is 31.1 Å². The van der Waals surface area contributed by atoms with E-state index in [-0.39, 0.29) is 34.7 Å². The van der Waals surface area contributed by atoms with Crippen molar-refractivity contribution in [2.45, 2.75) is 76.3 Å². The summed E-state index contributed by atoms with van der Waals surface area (Å²) >= 11 is 1.29. The van der Waals surface area contributed by atoms with Gasteiger partial charge in [-0.2, -0.15) is 10.1 Å². The Kier molecular flexibility index (Phi) is 13.6. The number of hydrogen-bond acceptors (Lipinski definition) is 13. The highest BCUT2D eigenvalue weighted by Crippen LogP contribution is 2.37. The van der Waals surface area contributed by atoms with Gasteiger partial charge in [0.25, 0.3) is 0 Å². The number of fused-ring (bicyclic) bond motifs is 1. The van der Waals surface area contributed by atoms with E-state index in [0.717, 1.165) is 80.7 Å². The number of allylic oxidation sites excluding steroid dienone is 1. The van der Waals surface area contributed by atoms with Gasteiger partial charge in [0.15, 0.2) is 11.3 Å². The van der Waals surface area contributed by atoms with E-state index in [1.165, 1.54) is 11.8 Å². The minimum atomic E-state index is -1.07. The Labute approximate surface area is 332 Å². The Morgan fingerprint density at radius 1 is 1.09 bits per heavy atom. The molecule has 2 aliphatic heterocycles. The average molecular weight is 793 g/mol. The molecule has 2 amide bonds. The van der Waals surface area contributed by atoms with Crippen molar-refractivity contribution < 1.29 is 29.0 Å². The zero-order valence-electron chi connectivity index (χ0n) is 32.7. The smallest absolute Gasteiger partial charge is 0.321 e. The topological polar surface area (TPSA) is 207 Å². The zero-order valence-corrected chi connectivity index (χ0v) is 33.6. The number of piperazine rings is 1. The van der Waals surface area contributed by atoms with Gasteiger partial charge in [-0.05, 0) is 44.1 Å². The van der Waals surface area contributed by atoms with E-state index < -0.39 is 12.0 Å². The molecule has 56 heavy (non-hydrogen) atoms. The Balaban J connectivity index is 1.01. The number of ether oxygens (including phenoxy) is 2. The van der Waals surface area contributed by atoms with Gasteiger partial charge in [-0.15, -0.1) is 11.8 Å². The van der Waals surface area contributed by atoms with Crippen molar-refractivity contribution in [1.82, 2.24) is 34.4 Å². The molecular formula is C39H56N10O6S. The number of nitrogens with two attached hydrogens (primary N) is 2. The number of carbonyl (C=O) groups is 3. The van der Waals surface area contributed by atoms with Gasteiger partial charge in [-0.3, -0.25) is 24.0 Å². The molecule has 3 fully saturated rings. The molecule has 2 atom stereocenters. The fourth-order valence-electron chi connectivity index (χ4n) is 7.96. The lowest BCUT2D eigenvalue weighted by molar-refractivity contribution is -0.139. The monoisotopic (exact) mass is 792 g/mol. The lowest BCUT2D eigenvalue weighted by Crippen LogP contribution is -2.50. The van der Waals surface area contributed by atoms with Crippen LogP contribution in [0, 0.1) is 11.8 Å². The quantitative estimate of drug-likeness (QED) is 0.145. The Morgan fingerprint density at radius 3 is 2.52 bits per heavy atom. The Morgan fingerprint density at radius 2 is 1.84 bits per heavy atom. The summed E-state index contributed by atoms with van der Waals surface area (Å²) in [5.74, 6) is 1.85. The molecule has 1 saturated carbocycles. The molecule has 6 N–H and O–H groups in total. The van der Waals surface area contributed by atoms with Crippen LogP contribution in [0.5, 0.6) is 11.5 Å². The van der Waals surface area contributed by atoms with Gasteiger partial charge in [0.2, 0.25) is 17.8 Å². The van der Waals surface area contributed by atoms with Crippen LogP contribution >= 0.6 is 11.8 Å². The highest BCUT2D eigenvalue weighted by atomic mass is 32.2. The van der Waals surface area contributed by atoms with E-state index in [1.807, 2.05) is 27.9 Å². The molecule has 16 nitrogen and oxygen atoms in total. The predicted octanol–water partition coefficient (Wildman–Crippen LogP) is 3.40. The summed E-state index contributed by atoms with van der Waals surface area (Å²) in [6, 6.07) is 3.01. The number of unbranched alkanes of at least 4 members (excludes halogenated alkanes) is 1. The third-order valence-electron chi connectivity index (χ3n) is 11.1. The summed E-state index contributed by atoms with van der Waals surface area (Å²) in [6.07, 6.45) is 7.78. The molecule has 2 saturated heterocycles. The first kappa shape index (κ1) is 41.0. The highest BCUT2D eigenvalue weighted by Gasteiger charge is 2.38. The number of carbonyl (C=O) groups excluding carboxylic acids is 2. The van der Waals surface area contributed by atoms with Gasteiger partial charge in [0.05, 0.1) is 37.8 Å². The largest absolute Gasteiger partial charge is 0.496 e. The summed E-state index contributed by atoms with van der Waals surface area (Å²) in [5.41, 5.74) is 15.6. The maximum Gasteiger partial charge on any atom is 0.321 e. The molecule has 0 radical (unpaired) electrons. The first-order chi connectivity index (χ1) is 27.0. The van der Waals surface area contributed by atoms with Crippen LogP contribution in [0.15, 0.2) is 30.6 Å². The first-order valence-electron chi connectivity index (χ1n) is 19.6. The number of thioether (sulfide) groups is 1. The standard InChI is InChI=1S/C39H56N10O6S/c1-5-6-13-42-35-33-30(43-39(41)44-35)22-48(45-33)21-28-31(54-3)12-11-27(34(28)55-4)20-46-14-16-47(17-15-46)36(50)26-9-7-25(8-10-26)19-49-24(2)18-32(37(49)51)56-23-29(40)38(52)53/h11-12,22,25-26,29,32H,2,5-10,13-21,23,40H2,1,3-4H3,(H,52,53)(H3,41,42,43,44)/t25?,26?,29-,32?/m0/s1. The minimum absolute atomic E-state index is 0.00935. The second kappa shape index (κ2) is 18.6.